The number of likely N-dealkylation sites (tertiary alicyclic amines) is 1. The second-order valence-corrected chi connectivity index (χ2v) is 9.96. The smallest absolute Gasteiger partial charge is 0.255 e. The monoisotopic (exact) mass is 427 g/mol. The van der Waals surface area contributed by atoms with Crippen molar-refractivity contribution >= 4 is 27.5 Å². The number of amides is 1. The number of aryl methyl sites for hydroxylation is 1. The fourth-order valence-electron chi connectivity index (χ4n) is 4.04. The Kier molecular flexibility index (Phi) is 5.60. The maximum Gasteiger partial charge on any atom is 0.255 e. The molecule has 0 aliphatic carbocycles. The molecule has 1 aromatic heterocycles. The summed E-state index contributed by atoms with van der Waals surface area (Å²) >= 11 is 0. The van der Waals surface area contributed by atoms with E-state index in [4.69, 9.17) is 0 Å². The molecule has 0 bridgehead atoms. The molecule has 3 heterocycles. The molecule has 2 aliphatic heterocycles. The van der Waals surface area contributed by atoms with E-state index in [0.29, 0.717) is 50.3 Å². The van der Waals surface area contributed by atoms with E-state index in [1.54, 1.807) is 17.0 Å². The van der Waals surface area contributed by atoms with Gasteiger partial charge in [-0.05, 0) is 38.3 Å². The summed E-state index contributed by atoms with van der Waals surface area (Å²) < 4.78 is 25.3. The number of anilines is 1. The molecule has 2 aromatic rings. The van der Waals surface area contributed by atoms with E-state index < -0.39 is 10.0 Å². The first kappa shape index (κ1) is 20.5. The topological polar surface area (TPSA) is 87.7 Å². The van der Waals surface area contributed by atoms with E-state index in [2.05, 4.69) is 4.98 Å². The summed E-state index contributed by atoms with van der Waals surface area (Å²) in [5.74, 6) is 0.412. The summed E-state index contributed by atoms with van der Waals surface area (Å²) in [6.07, 6.45) is 3.29. The van der Waals surface area contributed by atoms with Crippen LogP contribution in [0.4, 0.5) is 5.82 Å². The van der Waals surface area contributed by atoms with Crippen LogP contribution in [0.5, 0.6) is 0 Å². The molecule has 0 saturated carbocycles. The molecule has 30 heavy (non-hydrogen) atoms. The number of ketones is 1. The van der Waals surface area contributed by atoms with Crippen molar-refractivity contribution in [1.29, 1.82) is 0 Å². The van der Waals surface area contributed by atoms with Crippen LogP contribution in [0, 0.1) is 12.8 Å². The summed E-state index contributed by atoms with van der Waals surface area (Å²) in [6.45, 7) is 3.45. The maximum absolute atomic E-state index is 12.8. The highest BCUT2D eigenvalue weighted by Crippen LogP contribution is 2.25. The zero-order valence-electron chi connectivity index (χ0n) is 17.0. The first-order valence-electron chi connectivity index (χ1n) is 10.2. The molecule has 2 saturated heterocycles. The van der Waals surface area contributed by atoms with Crippen LogP contribution in [-0.4, -0.2) is 55.4 Å². The van der Waals surface area contributed by atoms with Gasteiger partial charge in [0.05, 0.1) is 11.3 Å². The Morgan fingerprint density at radius 2 is 1.63 bits per heavy atom. The van der Waals surface area contributed by atoms with Gasteiger partial charge in [0, 0.05) is 37.3 Å². The average Bonchev–Trinajstić information content (AvgIpc) is 3.12. The molecule has 7 nitrogen and oxygen atoms in total. The standard InChI is InChI=1S/C22H25N3O4S/c1-16-3-5-17(6-4-16)21(26)18-9-12-24(13-10-18)22(27)19-7-8-20(23-15-19)25-11-2-14-30(25,28)29/h3-8,15,18H,2,9-14H2,1H3. The molecule has 1 amide bonds. The lowest BCUT2D eigenvalue weighted by atomic mass is 9.88. The van der Waals surface area contributed by atoms with Gasteiger partial charge in [-0.25, -0.2) is 13.4 Å². The lowest BCUT2D eigenvalue weighted by Crippen LogP contribution is -2.40. The molecule has 0 atom stereocenters. The van der Waals surface area contributed by atoms with Crippen LogP contribution in [0.15, 0.2) is 42.6 Å². The number of aromatic nitrogens is 1. The SMILES string of the molecule is Cc1ccc(C(=O)C2CCN(C(=O)c3ccc(N4CCCS4(=O)=O)nc3)CC2)cc1. The number of nitrogens with zero attached hydrogens (tertiary/aromatic N) is 3. The van der Waals surface area contributed by atoms with Crippen molar-refractivity contribution < 1.29 is 18.0 Å². The van der Waals surface area contributed by atoms with Gasteiger partial charge in [-0.1, -0.05) is 29.8 Å². The van der Waals surface area contributed by atoms with Gasteiger partial charge in [0.25, 0.3) is 5.91 Å². The number of carbonyl (C=O) groups excluding carboxylic acids is 2. The minimum atomic E-state index is -3.29. The Morgan fingerprint density at radius 3 is 2.20 bits per heavy atom. The lowest BCUT2D eigenvalue weighted by molar-refractivity contribution is 0.0650. The summed E-state index contributed by atoms with van der Waals surface area (Å²) in [4.78, 5) is 31.5. The normalized spacial score (nSPS) is 19.1. The van der Waals surface area contributed by atoms with Gasteiger partial charge in [0.15, 0.2) is 5.78 Å². The molecular weight excluding hydrogens is 402 g/mol. The van der Waals surface area contributed by atoms with Crippen molar-refractivity contribution in [3.05, 3.63) is 59.3 Å². The quantitative estimate of drug-likeness (QED) is 0.700. The highest BCUT2D eigenvalue weighted by atomic mass is 32.2. The van der Waals surface area contributed by atoms with Gasteiger partial charge in [-0.2, -0.15) is 0 Å². The van der Waals surface area contributed by atoms with Gasteiger partial charge in [0.2, 0.25) is 10.0 Å². The third kappa shape index (κ3) is 4.09. The van der Waals surface area contributed by atoms with E-state index in [9.17, 15) is 18.0 Å². The van der Waals surface area contributed by atoms with Gasteiger partial charge in [0.1, 0.15) is 5.82 Å². The maximum atomic E-state index is 12.8. The number of carbonyl (C=O) groups is 2. The van der Waals surface area contributed by atoms with Crippen LogP contribution in [-0.2, 0) is 10.0 Å². The zero-order valence-corrected chi connectivity index (χ0v) is 17.8. The molecule has 1 aromatic carbocycles. The summed E-state index contributed by atoms with van der Waals surface area (Å²) in [6, 6.07) is 10.8. The highest BCUT2D eigenvalue weighted by molar-refractivity contribution is 7.93. The minimum Gasteiger partial charge on any atom is -0.339 e. The molecule has 4 rings (SSSR count). The van der Waals surface area contributed by atoms with E-state index in [0.717, 1.165) is 11.1 Å². The number of pyridine rings is 1. The molecule has 0 spiro atoms. The molecule has 2 aliphatic rings. The predicted molar refractivity (Wildman–Crippen MR) is 114 cm³/mol. The van der Waals surface area contributed by atoms with Gasteiger partial charge in [-0.15, -0.1) is 0 Å². The number of benzene rings is 1. The largest absolute Gasteiger partial charge is 0.339 e. The highest BCUT2D eigenvalue weighted by Gasteiger charge is 2.31. The number of hydrogen-bond donors (Lipinski definition) is 0. The molecule has 0 unspecified atom stereocenters. The van der Waals surface area contributed by atoms with Crippen LogP contribution in [0.3, 0.4) is 0 Å². The minimum absolute atomic E-state index is 0.0716. The third-order valence-electron chi connectivity index (χ3n) is 5.84. The summed E-state index contributed by atoms with van der Waals surface area (Å²) in [7, 11) is -3.29. The second-order valence-electron chi connectivity index (χ2n) is 7.94. The van der Waals surface area contributed by atoms with Crippen molar-refractivity contribution in [2.45, 2.75) is 26.2 Å². The Hall–Kier alpha value is -2.74. The molecule has 158 valence electrons. The first-order chi connectivity index (χ1) is 14.3. The summed E-state index contributed by atoms with van der Waals surface area (Å²) in [5.41, 5.74) is 2.27. The number of piperidine rings is 1. The van der Waals surface area contributed by atoms with E-state index in [-0.39, 0.29) is 23.4 Å². The number of Topliss-reactive ketones (excluding diaryl/α,β-unsaturated/α-hetero) is 1. The zero-order chi connectivity index (χ0) is 21.3. The van der Waals surface area contributed by atoms with Gasteiger partial charge < -0.3 is 4.90 Å². The third-order valence-corrected chi connectivity index (χ3v) is 7.68. The van der Waals surface area contributed by atoms with Crippen LogP contribution in [0.2, 0.25) is 0 Å². The molecular formula is C22H25N3O4S. The molecule has 0 radical (unpaired) electrons. The lowest BCUT2D eigenvalue weighted by Gasteiger charge is -2.31. The molecule has 0 N–H and O–H groups in total. The van der Waals surface area contributed by atoms with Gasteiger partial charge >= 0.3 is 0 Å². The predicted octanol–water partition coefficient (Wildman–Crippen LogP) is 2.67. The van der Waals surface area contributed by atoms with Gasteiger partial charge in [-0.3, -0.25) is 13.9 Å². The Labute approximate surface area is 176 Å². The first-order valence-corrected chi connectivity index (χ1v) is 11.8. The van der Waals surface area contributed by atoms with Crippen LogP contribution in [0.25, 0.3) is 0 Å². The fraction of sp³-hybridized carbons (Fsp3) is 0.409. The average molecular weight is 428 g/mol. The van der Waals surface area contributed by atoms with Crippen LogP contribution < -0.4 is 4.31 Å². The number of rotatable bonds is 4. The van der Waals surface area contributed by atoms with Crippen molar-refractivity contribution in [2.75, 3.05) is 29.7 Å². The Balaban J connectivity index is 1.37. The van der Waals surface area contributed by atoms with Crippen molar-refractivity contribution in [1.82, 2.24) is 9.88 Å². The van der Waals surface area contributed by atoms with Crippen LogP contribution in [0.1, 0.15) is 45.5 Å². The van der Waals surface area contributed by atoms with E-state index >= 15 is 0 Å². The second kappa shape index (κ2) is 8.18. The molecule has 2 fully saturated rings. The van der Waals surface area contributed by atoms with Crippen molar-refractivity contribution in [2.24, 2.45) is 5.92 Å². The van der Waals surface area contributed by atoms with Crippen molar-refractivity contribution in [3.63, 3.8) is 0 Å². The van der Waals surface area contributed by atoms with E-state index in [1.807, 2.05) is 31.2 Å². The Bertz CT molecular complexity index is 1040. The summed E-state index contributed by atoms with van der Waals surface area (Å²) in [5, 5.41) is 0. The fourth-order valence-corrected chi connectivity index (χ4v) is 5.55. The number of hydrogen-bond acceptors (Lipinski definition) is 5. The number of sulfonamides is 1. The Morgan fingerprint density at radius 1 is 0.967 bits per heavy atom. The van der Waals surface area contributed by atoms with Crippen LogP contribution >= 0.6 is 0 Å². The van der Waals surface area contributed by atoms with Crippen molar-refractivity contribution in [3.8, 4) is 0 Å². The van der Waals surface area contributed by atoms with E-state index in [1.165, 1.54) is 10.5 Å². The molecule has 8 heteroatoms.